The van der Waals surface area contributed by atoms with Crippen LogP contribution in [0.25, 0.3) is 0 Å². The third-order valence-electron chi connectivity index (χ3n) is 6.16. The number of aromatic nitrogens is 4. The van der Waals surface area contributed by atoms with Crippen LogP contribution in [0, 0.1) is 0 Å². The van der Waals surface area contributed by atoms with Gasteiger partial charge >= 0.3 is 18.1 Å². The van der Waals surface area contributed by atoms with Gasteiger partial charge in [-0.15, -0.1) is 0 Å². The molecule has 4 heterocycles. The molecule has 21 heteroatoms. The summed E-state index contributed by atoms with van der Waals surface area (Å²) in [7, 11) is 1.06. The van der Waals surface area contributed by atoms with Gasteiger partial charge in [-0.25, -0.2) is 9.59 Å². The minimum atomic E-state index is -4.78. The van der Waals surface area contributed by atoms with Crippen molar-refractivity contribution in [3.63, 3.8) is 0 Å². The van der Waals surface area contributed by atoms with E-state index in [1.807, 2.05) is 9.97 Å². The Hall–Kier alpha value is -2.43. The third kappa shape index (κ3) is 5.67. The molecule has 0 aliphatic carbocycles. The summed E-state index contributed by atoms with van der Waals surface area (Å²) in [6, 6.07) is 1.91. The predicted octanol–water partition coefficient (Wildman–Crippen LogP) is -5.13. The SMILES string of the molecule is CO[C@H]1[C@H](n2ccc(=O)[nH]c2=O)O[C@H](CO)[C@]1(O)OP(O)(=S)OC(O)[C@H]1O[C@@H](n2ccc(=O)[nH]c2=O)[C@H](O)[C@@H]1O. The molecule has 0 saturated carbocycles. The molecule has 2 aliphatic heterocycles. The Labute approximate surface area is 226 Å². The quantitative estimate of drug-likeness (QED) is 0.0971. The molecule has 2 saturated heterocycles. The molecule has 10 atom stereocenters. The number of rotatable bonds is 9. The Morgan fingerprint density at radius 1 is 1.05 bits per heavy atom. The molecular formula is C19H25N4O15PS. The van der Waals surface area contributed by atoms with Gasteiger partial charge in [-0.05, 0) is 11.8 Å². The zero-order valence-corrected chi connectivity index (χ0v) is 22.0. The molecule has 8 N–H and O–H groups in total. The van der Waals surface area contributed by atoms with Crippen molar-refractivity contribution >= 4 is 18.5 Å². The number of H-pyrrole nitrogens is 2. The molecular weight excluding hydrogens is 587 g/mol. The van der Waals surface area contributed by atoms with Crippen LogP contribution in [0.3, 0.4) is 0 Å². The van der Waals surface area contributed by atoms with E-state index >= 15 is 0 Å². The van der Waals surface area contributed by atoms with Crippen LogP contribution in [0.2, 0.25) is 0 Å². The smallest absolute Gasteiger partial charge is 0.330 e. The van der Waals surface area contributed by atoms with Gasteiger partial charge in [0.1, 0.15) is 24.4 Å². The van der Waals surface area contributed by atoms with E-state index in [0.29, 0.717) is 0 Å². The second-order valence-corrected chi connectivity index (χ2v) is 11.4. The number of aromatic amines is 2. The van der Waals surface area contributed by atoms with Gasteiger partial charge in [0, 0.05) is 31.6 Å². The number of hydrogen-bond donors (Lipinski definition) is 8. The third-order valence-corrected chi connectivity index (χ3v) is 7.65. The molecule has 0 bridgehead atoms. The van der Waals surface area contributed by atoms with Crippen LogP contribution >= 0.6 is 6.72 Å². The number of aliphatic hydroxyl groups is 5. The van der Waals surface area contributed by atoms with Crippen molar-refractivity contribution in [1.29, 1.82) is 0 Å². The lowest BCUT2D eigenvalue weighted by Crippen LogP contribution is -2.52. The van der Waals surface area contributed by atoms with Crippen molar-refractivity contribution in [2.75, 3.05) is 13.7 Å². The summed E-state index contributed by atoms with van der Waals surface area (Å²) in [6.45, 7) is -5.74. The molecule has 0 amide bonds. The summed E-state index contributed by atoms with van der Waals surface area (Å²) < 4.78 is 27.7. The van der Waals surface area contributed by atoms with Gasteiger partial charge in [-0.1, -0.05) is 0 Å². The first kappa shape index (κ1) is 30.5. The lowest BCUT2D eigenvalue weighted by atomic mass is 10.1. The molecule has 2 fully saturated rings. The Balaban J connectivity index is 1.54. The van der Waals surface area contributed by atoms with Crippen molar-refractivity contribution < 1.29 is 53.7 Å². The summed E-state index contributed by atoms with van der Waals surface area (Å²) in [5.41, 5.74) is -3.46. The summed E-state index contributed by atoms with van der Waals surface area (Å²) >= 11 is 4.89. The molecule has 0 aromatic carbocycles. The first-order chi connectivity index (χ1) is 18.7. The van der Waals surface area contributed by atoms with E-state index in [1.165, 1.54) is 0 Å². The number of nitrogens with one attached hydrogen (secondary N) is 2. The van der Waals surface area contributed by atoms with Gasteiger partial charge < -0.3 is 44.6 Å². The minimum Gasteiger partial charge on any atom is -0.393 e. The second kappa shape index (κ2) is 11.4. The number of aliphatic hydroxyl groups excluding tert-OH is 4. The van der Waals surface area contributed by atoms with Gasteiger partial charge in [0.15, 0.2) is 24.8 Å². The van der Waals surface area contributed by atoms with Crippen LogP contribution < -0.4 is 22.5 Å². The van der Waals surface area contributed by atoms with Crippen LogP contribution in [0.5, 0.6) is 0 Å². The molecule has 2 unspecified atom stereocenters. The monoisotopic (exact) mass is 612 g/mol. The Kier molecular flexibility index (Phi) is 8.74. The average molecular weight is 612 g/mol. The Morgan fingerprint density at radius 2 is 1.60 bits per heavy atom. The van der Waals surface area contributed by atoms with Crippen LogP contribution in [-0.4, -0.2) is 106 Å². The molecule has 2 aromatic rings. The van der Waals surface area contributed by atoms with Gasteiger partial charge in [0.05, 0.1) is 6.61 Å². The zero-order valence-electron chi connectivity index (χ0n) is 20.2. The Morgan fingerprint density at radius 3 is 2.10 bits per heavy atom. The van der Waals surface area contributed by atoms with Gasteiger partial charge in [0.25, 0.3) is 11.1 Å². The normalized spacial score (nSPS) is 34.5. The lowest BCUT2D eigenvalue weighted by Gasteiger charge is -2.35. The standard InChI is InChI=1S/C19H25N4O15PS/c1-34-13-15(23-5-3-9(26)21-18(23)31)35-7(6-24)19(13,32)38-39(33,40)37-16(29)12-10(27)11(28)14(36-12)22-4-2-8(25)20-17(22)30/h2-5,7,10-16,24,27-29,32H,6H2,1H3,(H,33,40)(H,20,25,30)(H,21,26,31)/t7-,10+,11-,12+,13+,14-,15-,16?,19+,39?/m1/s1. The first-order valence-electron chi connectivity index (χ1n) is 11.3. The summed E-state index contributed by atoms with van der Waals surface area (Å²) in [5, 5.41) is 52.3. The molecule has 222 valence electrons. The van der Waals surface area contributed by atoms with Crippen LogP contribution in [0.15, 0.2) is 43.7 Å². The average Bonchev–Trinajstić information content (AvgIpc) is 3.30. The summed E-state index contributed by atoms with van der Waals surface area (Å²) in [5.74, 6) is -2.81. The van der Waals surface area contributed by atoms with Crippen LogP contribution in [-0.2, 0) is 35.1 Å². The number of methoxy groups -OCH3 is 1. The van der Waals surface area contributed by atoms with E-state index in [0.717, 1.165) is 40.8 Å². The number of hydrogen-bond acceptors (Lipinski definition) is 15. The minimum absolute atomic E-state index is 0.722. The number of ether oxygens (including phenoxy) is 3. The second-order valence-electron chi connectivity index (χ2n) is 8.67. The lowest BCUT2D eigenvalue weighted by molar-refractivity contribution is -0.233. The van der Waals surface area contributed by atoms with E-state index in [1.54, 1.807) is 0 Å². The highest BCUT2D eigenvalue weighted by atomic mass is 32.5. The highest BCUT2D eigenvalue weighted by Crippen LogP contribution is 2.54. The van der Waals surface area contributed by atoms with E-state index in [2.05, 4.69) is 0 Å². The maximum Gasteiger partial charge on any atom is 0.330 e. The molecule has 40 heavy (non-hydrogen) atoms. The predicted molar refractivity (Wildman–Crippen MR) is 130 cm³/mol. The Bertz CT molecular complexity index is 1510. The summed E-state index contributed by atoms with van der Waals surface area (Å²) in [4.78, 5) is 61.7. The highest BCUT2D eigenvalue weighted by Gasteiger charge is 2.61. The van der Waals surface area contributed by atoms with E-state index in [4.69, 9.17) is 35.1 Å². The molecule has 19 nitrogen and oxygen atoms in total. The maximum absolute atomic E-state index is 12.3. The molecule has 2 aromatic heterocycles. The van der Waals surface area contributed by atoms with E-state index in [9.17, 15) is 49.6 Å². The molecule has 0 radical (unpaired) electrons. The highest BCUT2D eigenvalue weighted by molar-refractivity contribution is 8.07. The first-order valence-corrected chi connectivity index (χ1v) is 13.9. The fourth-order valence-electron chi connectivity index (χ4n) is 4.32. The van der Waals surface area contributed by atoms with Crippen LogP contribution in [0.1, 0.15) is 12.5 Å². The van der Waals surface area contributed by atoms with Gasteiger partial charge in [-0.2, -0.15) is 0 Å². The van der Waals surface area contributed by atoms with E-state index in [-0.39, 0.29) is 0 Å². The molecule has 0 spiro atoms. The summed E-state index contributed by atoms with van der Waals surface area (Å²) in [6.07, 6.45) is -12.5. The van der Waals surface area contributed by atoms with Crippen molar-refractivity contribution in [2.45, 2.75) is 55.1 Å². The maximum atomic E-state index is 12.3. The van der Waals surface area contributed by atoms with E-state index < -0.39 is 90.9 Å². The van der Waals surface area contributed by atoms with Crippen molar-refractivity contribution in [2.24, 2.45) is 0 Å². The fourth-order valence-corrected chi connectivity index (χ4v) is 5.96. The van der Waals surface area contributed by atoms with Crippen molar-refractivity contribution in [3.05, 3.63) is 66.2 Å². The number of nitrogens with zero attached hydrogens (tertiary/aromatic N) is 2. The van der Waals surface area contributed by atoms with Crippen molar-refractivity contribution in [1.82, 2.24) is 19.1 Å². The van der Waals surface area contributed by atoms with Crippen molar-refractivity contribution in [3.8, 4) is 0 Å². The molecule has 4 rings (SSSR count). The topological polar surface area (TPSA) is 277 Å². The van der Waals surface area contributed by atoms with Gasteiger partial charge in [-0.3, -0.25) is 37.7 Å². The van der Waals surface area contributed by atoms with Gasteiger partial charge in [0.2, 0.25) is 5.79 Å². The fraction of sp³-hybridized carbons (Fsp3) is 0.579. The zero-order chi connectivity index (χ0) is 29.6. The van der Waals surface area contributed by atoms with Crippen LogP contribution in [0.4, 0.5) is 0 Å². The molecule has 2 aliphatic rings. The largest absolute Gasteiger partial charge is 0.393 e.